The van der Waals surface area contributed by atoms with Gasteiger partial charge in [0.15, 0.2) is 0 Å². The summed E-state index contributed by atoms with van der Waals surface area (Å²) in [5.74, 6) is 0.844. The zero-order chi connectivity index (χ0) is 18.5. The van der Waals surface area contributed by atoms with Crippen LogP contribution in [0.4, 0.5) is 0 Å². The largest absolute Gasteiger partial charge is 0.498 e. The van der Waals surface area contributed by atoms with Gasteiger partial charge in [0.1, 0.15) is 11.8 Å². The van der Waals surface area contributed by atoms with Gasteiger partial charge in [0, 0.05) is 25.0 Å². The van der Waals surface area contributed by atoms with E-state index in [1.165, 1.54) is 44.9 Å². The molecule has 0 radical (unpaired) electrons. The SMILES string of the molecule is CCCCCCCC/C=C/CCN=CC1N=C(c2ccc[nH]2)C=C1OC. The molecule has 0 aliphatic carbocycles. The van der Waals surface area contributed by atoms with E-state index in [4.69, 9.17) is 4.74 Å². The smallest absolute Gasteiger partial charge is 0.142 e. The minimum Gasteiger partial charge on any atom is -0.498 e. The van der Waals surface area contributed by atoms with Crippen LogP contribution in [0.2, 0.25) is 0 Å². The van der Waals surface area contributed by atoms with Crippen LogP contribution in [0.3, 0.4) is 0 Å². The van der Waals surface area contributed by atoms with E-state index in [-0.39, 0.29) is 6.04 Å². The molecule has 1 aromatic rings. The van der Waals surface area contributed by atoms with Gasteiger partial charge in [0.2, 0.25) is 0 Å². The number of H-pyrrole nitrogens is 1. The maximum atomic E-state index is 5.44. The number of rotatable bonds is 13. The van der Waals surface area contributed by atoms with Gasteiger partial charge in [-0.15, -0.1) is 0 Å². The van der Waals surface area contributed by atoms with Crippen LogP contribution in [0.1, 0.15) is 64.0 Å². The molecular weight excluding hydrogens is 322 g/mol. The molecule has 4 nitrogen and oxygen atoms in total. The van der Waals surface area contributed by atoms with Crippen LogP contribution in [0.15, 0.2) is 52.3 Å². The number of hydrogen-bond donors (Lipinski definition) is 1. The first-order valence-corrected chi connectivity index (χ1v) is 9.97. The highest BCUT2D eigenvalue weighted by atomic mass is 16.5. The Kier molecular flexibility index (Phi) is 9.55. The third kappa shape index (κ3) is 7.03. The van der Waals surface area contributed by atoms with Crippen molar-refractivity contribution in [1.82, 2.24) is 4.98 Å². The lowest BCUT2D eigenvalue weighted by Gasteiger charge is -2.05. The van der Waals surface area contributed by atoms with E-state index < -0.39 is 0 Å². The summed E-state index contributed by atoms with van der Waals surface area (Å²) in [6.45, 7) is 3.06. The molecular formula is C22H33N3O. The van der Waals surface area contributed by atoms with Crippen LogP contribution in [-0.4, -0.2) is 36.6 Å². The fourth-order valence-electron chi connectivity index (χ4n) is 3.00. The molecule has 0 saturated carbocycles. The van der Waals surface area contributed by atoms with Crippen molar-refractivity contribution in [3.8, 4) is 0 Å². The van der Waals surface area contributed by atoms with Gasteiger partial charge in [-0.1, -0.05) is 51.2 Å². The van der Waals surface area contributed by atoms with Gasteiger partial charge in [0.25, 0.3) is 0 Å². The lowest BCUT2D eigenvalue weighted by atomic mass is 10.1. The Morgan fingerprint density at radius 2 is 1.96 bits per heavy atom. The van der Waals surface area contributed by atoms with E-state index in [2.05, 4.69) is 34.0 Å². The van der Waals surface area contributed by atoms with Crippen molar-refractivity contribution in [2.24, 2.45) is 9.98 Å². The standard InChI is InChI=1S/C22H33N3O/c1-3-4-5-6-7-8-9-10-11-12-15-23-18-21-22(26-2)17-20(25-21)19-14-13-16-24-19/h10-11,13-14,16-18,21,24H,3-9,12,15H2,1-2H3/b11-10+,23-18?. The van der Waals surface area contributed by atoms with Crippen LogP contribution in [0.25, 0.3) is 0 Å². The average Bonchev–Trinajstić information content (AvgIpc) is 3.32. The molecule has 2 rings (SSSR count). The van der Waals surface area contributed by atoms with Crippen molar-refractivity contribution in [3.63, 3.8) is 0 Å². The molecule has 2 heterocycles. The molecule has 0 fully saturated rings. The number of aromatic nitrogens is 1. The first kappa shape index (κ1) is 20.2. The molecule has 1 N–H and O–H groups in total. The number of nitrogens with zero attached hydrogens (tertiary/aromatic N) is 2. The maximum Gasteiger partial charge on any atom is 0.142 e. The zero-order valence-corrected chi connectivity index (χ0v) is 16.3. The predicted octanol–water partition coefficient (Wildman–Crippen LogP) is 5.48. The molecule has 0 aromatic carbocycles. The van der Waals surface area contributed by atoms with Crippen molar-refractivity contribution in [1.29, 1.82) is 0 Å². The fourth-order valence-corrected chi connectivity index (χ4v) is 3.00. The molecule has 4 heteroatoms. The number of aromatic amines is 1. The Labute approximate surface area is 158 Å². The summed E-state index contributed by atoms with van der Waals surface area (Å²) in [5, 5.41) is 0. The number of methoxy groups -OCH3 is 1. The molecule has 26 heavy (non-hydrogen) atoms. The molecule has 0 saturated heterocycles. The molecule has 142 valence electrons. The van der Waals surface area contributed by atoms with Crippen LogP contribution in [-0.2, 0) is 4.74 Å². The van der Waals surface area contributed by atoms with Crippen LogP contribution >= 0.6 is 0 Å². The third-order valence-electron chi connectivity index (χ3n) is 4.52. The highest BCUT2D eigenvalue weighted by Crippen LogP contribution is 2.17. The summed E-state index contributed by atoms with van der Waals surface area (Å²) in [7, 11) is 1.69. The number of aliphatic imine (C=N–C) groups is 2. The Bertz CT molecular complexity index is 611. The molecule has 1 aliphatic rings. The monoisotopic (exact) mass is 355 g/mol. The van der Waals surface area contributed by atoms with Crippen molar-refractivity contribution in [2.45, 2.75) is 64.3 Å². The Morgan fingerprint density at radius 1 is 1.15 bits per heavy atom. The van der Waals surface area contributed by atoms with Crippen LogP contribution < -0.4 is 0 Å². The minimum absolute atomic E-state index is 0.106. The molecule has 1 aliphatic heterocycles. The predicted molar refractivity (Wildman–Crippen MR) is 111 cm³/mol. The first-order valence-electron chi connectivity index (χ1n) is 9.97. The molecule has 0 amide bonds. The van der Waals surface area contributed by atoms with E-state index in [1.54, 1.807) is 7.11 Å². The second-order valence-electron chi connectivity index (χ2n) is 6.67. The zero-order valence-electron chi connectivity index (χ0n) is 16.3. The average molecular weight is 356 g/mol. The lowest BCUT2D eigenvalue weighted by molar-refractivity contribution is 0.282. The summed E-state index contributed by atoms with van der Waals surface area (Å²) < 4.78 is 5.44. The Balaban J connectivity index is 1.62. The second kappa shape index (κ2) is 12.3. The van der Waals surface area contributed by atoms with Gasteiger partial charge in [0.05, 0.1) is 18.5 Å². The second-order valence-corrected chi connectivity index (χ2v) is 6.67. The number of nitrogens with one attached hydrogen (secondary N) is 1. The summed E-state index contributed by atoms with van der Waals surface area (Å²) in [6.07, 6.45) is 20.6. The number of hydrogen-bond acceptors (Lipinski definition) is 3. The maximum absolute atomic E-state index is 5.44. The van der Waals surface area contributed by atoms with Gasteiger partial charge >= 0.3 is 0 Å². The highest BCUT2D eigenvalue weighted by molar-refractivity contribution is 6.10. The molecule has 1 unspecified atom stereocenters. The quantitative estimate of drug-likeness (QED) is 0.284. The molecule has 1 aromatic heterocycles. The van der Waals surface area contributed by atoms with Crippen molar-refractivity contribution in [3.05, 3.63) is 48.0 Å². The first-order chi connectivity index (χ1) is 12.8. The van der Waals surface area contributed by atoms with E-state index in [0.717, 1.165) is 30.1 Å². The lowest BCUT2D eigenvalue weighted by Crippen LogP contribution is -2.08. The Hall–Kier alpha value is -2.10. The fraction of sp³-hybridized carbons (Fsp3) is 0.545. The van der Waals surface area contributed by atoms with Gasteiger partial charge in [-0.3, -0.25) is 9.98 Å². The van der Waals surface area contributed by atoms with Gasteiger partial charge < -0.3 is 9.72 Å². The van der Waals surface area contributed by atoms with Crippen molar-refractivity contribution in [2.75, 3.05) is 13.7 Å². The number of ether oxygens (including phenoxy) is 1. The summed E-state index contributed by atoms with van der Waals surface area (Å²) in [6, 6.07) is 3.87. The molecule has 0 spiro atoms. The Morgan fingerprint density at radius 3 is 2.73 bits per heavy atom. The van der Waals surface area contributed by atoms with Gasteiger partial charge in [-0.2, -0.15) is 0 Å². The minimum atomic E-state index is -0.106. The summed E-state index contributed by atoms with van der Waals surface area (Å²) in [4.78, 5) is 12.4. The molecule has 0 bridgehead atoms. The van der Waals surface area contributed by atoms with Crippen molar-refractivity contribution < 1.29 is 4.74 Å². The summed E-state index contributed by atoms with van der Waals surface area (Å²) in [5.41, 5.74) is 1.93. The summed E-state index contributed by atoms with van der Waals surface area (Å²) >= 11 is 0. The highest BCUT2D eigenvalue weighted by Gasteiger charge is 2.20. The topological polar surface area (TPSA) is 49.7 Å². The van der Waals surface area contributed by atoms with E-state index in [0.29, 0.717) is 0 Å². The van der Waals surface area contributed by atoms with E-state index in [1.807, 2.05) is 30.6 Å². The molecule has 1 atom stereocenters. The van der Waals surface area contributed by atoms with Gasteiger partial charge in [-0.25, -0.2) is 0 Å². The number of unbranched alkanes of at least 4 members (excludes halogenated alkanes) is 6. The van der Waals surface area contributed by atoms with Crippen LogP contribution in [0.5, 0.6) is 0 Å². The number of allylic oxidation sites excluding steroid dienone is 2. The third-order valence-corrected chi connectivity index (χ3v) is 4.52. The van der Waals surface area contributed by atoms with E-state index >= 15 is 0 Å². The van der Waals surface area contributed by atoms with Crippen molar-refractivity contribution >= 4 is 11.9 Å². The van der Waals surface area contributed by atoms with Crippen LogP contribution in [0, 0.1) is 0 Å². The van der Waals surface area contributed by atoms with Gasteiger partial charge in [-0.05, 0) is 31.4 Å². The normalized spacial score (nSPS) is 17.2. The van der Waals surface area contributed by atoms with E-state index in [9.17, 15) is 0 Å².